The SMILES string of the molecule is CC(C)c1cccc2sc(N(Cc3ccccn3)C(=O)C3CCCO3)nc12. The van der Waals surface area contributed by atoms with Crippen LogP contribution in [0.2, 0.25) is 0 Å². The normalized spacial score (nSPS) is 16.9. The average molecular weight is 382 g/mol. The van der Waals surface area contributed by atoms with Crippen molar-refractivity contribution in [1.82, 2.24) is 9.97 Å². The summed E-state index contributed by atoms with van der Waals surface area (Å²) in [4.78, 5) is 24.2. The van der Waals surface area contributed by atoms with Crippen molar-refractivity contribution < 1.29 is 9.53 Å². The highest BCUT2D eigenvalue weighted by Crippen LogP contribution is 2.34. The molecule has 1 aliphatic heterocycles. The van der Waals surface area contributed by atoms with E-state index in [1.807, 2.05) is 18.2 Å². The molecule has 0 spiro atoms. The Morgan fingerprint density at radius 3 is 2.89 bits per heavy atom. The van der Waals surface area contributed by atoms with Gasteiger partial charge in [-0.15, -0.1) is 0 Å². The van der Waals surface area contributed by atoms with Crippen LogP contribution in [0.5, 0.6) is 0 Å². The minimum absolute atomic E-state index is 0.0247. The van der Waals surface area contributed by atoms with Crippen LogP contribution in [0, 0.1) is 0 Å². The molecule has 1 atom stereocenters. The van der Waals surface area contributed by atoms with Crippen LogP contribution in [0.15, 0.2) is 42.6 Å². The molecule has 1 unspecified atom stereocenters. The summed E-state index contributed by atoms with van der Waals surface area (Å²) in [6.07, 6.45) is 3.05. The van der Waals surface area contributed by atoms with Gasteiger partial charge in [-0.2, -0.15) is 0 Å². The molecule has 2 aromatic heterocycles. The first-order chi connectivity index (χ1) is 13.1. The van der Waals surface area contributed by atoms with Gasteiger partial charge in [-0.3, -0.25) is 14.7 Å². The zero-order chi connectivity index (χ0) is 18.8. The number of carbonyl (C=O) groups excluding carboxylic acids is 1. The Kier molecular flexibility index (Phi) is 5.18. The maximum atomic E-state index is 13.2. The van der Waals surface area contributed by atoms with Crippen molar-refractivity contribution in [3.05, 3.63) is 53.9 Å². The first-order valence-corrected chi connectivity index (χ1v) is 10.2. The van der Waals surface area contributed by atoms with Crippen LogP contribution in [0.25, 0.3) is 10.2 Å². The lowest BCUT2D eigenvalue weighted by Crippen LogP contribution is -2.38. The maximum Gasteiger partial charge on any atom is 0.258 e. The Balaban J connectivity index is 1.74. The highest BCUT2D eigenvalue weighted by Gasteiger charge is 2.31. The number of pyridine rings is 1. The van der Waals surface area contributed by atoms with E-state index in [0.29, 0.717) is 24.2 Å². The summed E-state index contributed by atoms with van der Waals surface area (Å²) in [7, 11) is 0. The molecule has 3 aromatic rings. The number of ether oxygens (including phenoxy) is 1. The van der Waals surface area contributed by atoms with Crippen LogP contribution in [-0.4, -0.2) is 28.6 Å². The summed E-state index contributed by atoms with van der Waals surface area (Å²) < 4.78 is 6.76. The van der Waals surface area contributed by atoms with E-state index in [1.165, 1.54) is 5.56 Å². The van der Waals surface area contributed by atoms with E-state index < -0.39 is 0 Å². The smallest absolute Gasteiger partial charge is 0.258 e. The fraction of sp³-hybridized carbons (Fsp3) is 0.381. The number of hydrogen-bond acceptors (Lipinski definition) is 5. The molecule has 0 N–H and O–H groups in total. The number of fused-ring (bicyclic) bond motifs is 1. The number of hydrogen-bond donors (Lipinski definition) is 0. The number of thiazole rings is 1. The van der Waals surface area contributed by atoms with Gasteiger partial charge in [0, 0.05) is 12.8 Å². The van der Waals surface area contributed by atoms with Crippen molar-refractivity contribution in [1.29, 1.82) is 0 Å². The summed E-state index contributed by atoms with van der Waals surface area (Å²) in [6.45, 7) is 5.37. The number of nitrogens with zero attached hydrogens (tertiary/aromatic N) is 3. The van der Waals surface area contributed by atoms with Crippen molar-refractivity contribution in [3.63, 3.8) is 0 Å². The van der Waals surface area contributed by atoms with E-state index in [0.717, 1.165) is 28.8 Å². The molecule has 1 aromatic carbocycles. The Morgan fingerprint density at radius 1 is 1.30 bits per heavy atom. The summed E-state index contributed by atoms with van der Waals surface area (Å²) in [5, 5.41) is 0.712. The number of amides is 1. The first kappa shape index (κ1) is 18.1. The predicted octanol–water partition coefficient (Wildman–Crippen LogP) is 4.53. The van der Waals surface area contributed by atoms with Gasteiger partial charge >= 0.3 is 0 Å². The number of carbonyl (C=O) groups is 1. The van der Waals surface area contributed by atoms with Crippen molar-refractivity contribution in [3.8, 4) is 0 Å². The van der Waals surface area contributed by atoms with Gasteiger partial charge < -0.3 is 4.74 Å². The lowest BCUT2D eigenvalue weighted by atomic mass is 10.0. The molecule has 1 saturated heterocycles. The Hall–Kier alpha value is -2.31. The van der Waals surface area contributed by atoms with E-state index >= 15 is 0 Å². The molecule has 5 nitrogen and oxygen atoms in total. The zero-order valence-electron chi connectivity index (χ0n) is 15.6. The maximum absolute atomic E-state index is 13.2. The summed E-state index contributed by atoms with van der Waals surface area (Å²) in [5.74, 6) is 0.352. The largest absolute Gasteiger partial charge is 0.368 e. The Morgan fingerprint density at radius 2 is 2.19 bits per heavy atom. The van der Waals surface area contributed by atoms with Gasteiger partial charge in [0.25, 0.3) is 5.91 Å². The van der Waals surface area contributed by atoms with E-state index in [9.17, 15) is 4.79 Å². The molecule has 0 radical (unpaired) electrons. The van der Waals surface area contributed by atoms with E-state index in [1.54, 1.807) is 22.4 Å². The van der Waals surface area contributed by atoms with Gasteiger partial charge in [0.1, 0.15) is 6.10 Å². The average Bonchev–Trinajstić information content (AvgIpc) is 3.35. The van der Waals surface area contributed by atoms with Crippen molar-refractivity contribution in [2.75, 3.05) is 11.5 Å². The van der Waals surface area contributed by atoms with E-state index in [2.05, 4.69) is 37.0 Å². The molecule has 4 rings (SSSR count). The second-order valence-corrected chi connectivity index (χ2v) is 8.10. The monoisotopic (exact) mass is 381 g/mol. The Labute approximate surface area is 163 Å². The fourth-order valence-electron chi connectivity index (χ4n) is 3.38. The Bertz CT molecular complexity index is 933. The second kappa shape index (κ2) is 7.74. The van der Waals surface area contributed by atoms with E-state index in [4.69, 9.17) is 9.72 Å². The first-order valence-electron chi connectivity index (χ1n) is 9.36. The number of benzene rings is 1. The van der Waals surface area contributed by atoms with Gasteiger partial charge in [0.15, 0.2) is 5.13 Å². The molecule has 3 heterocycles. The minimum Gasteiger partial charge on any atom is -0.368 e. The molecule has 0 aliphatic carbocycles. The summed E-state index contributed by atoms with van der Waals surface area (Å²) >= 11 is 1.55. The van der Waals surface area contributed by atoms with Crippen LogP contribution in [0.4, 0.5) is 5.13 Å². The van der Waals surface area contributed by atoms with Gasteiger partial charge in [-0.05, 0) is 42.5 Å². The minimum atomic E-state index is -0.384. The number of anilines is 1. The third-order valence-electron chi connectivity index (χ3n) is 4.81. The van der Waals surface area contributed by atoms with Crippen LogP contribution in [0.3, 0.4) is 0 Å². The van der Waals surface area contributed by atoms with Crippen molar-refractivity contribution >= 4 is 32.6 Å². The number of para-hydroxylation sites is 1. The molecule has 0 saturated carbocycles. The lowest BCUT2D eigenvalue weighted by molar-refractivity contribution is -0.127. The van der Waals surface area contributed by atoms with Gasteiger partial charge in [0.2, 0.25) is 0 Å². The molecule has 1 aliphatic rings. The topological polar surface area (TPSA) is 55.3 Å². The number of aromatic nitrogens is 2. The molecule has 27 heavy (non-hydrogen) atoms. The van der Waals surface area contributed by atoms with Gasteiger partial charge in [-0.1, -0.05) is 43.4 Å². The van der Waals surface area contributed by atoms with Crippen LogP contribution in [0.1, 0.15) is 43.9 Å². The molecule has 6 heteroatoms. The summed E-state index contributed by atoms with van der Waals surface area (Å²) in [5.41, 5.74) is 3.03. The van der Waals surface area contributed by atoms with E-state index in [-0.39, 0.29) is 12.0 Å². The lowest BCUT2D eigenvalue weighted by Gasteiger charge is -2.22. The second-order valence-electron chi connectivity index (χ2n) is 7.09. The van der Waals surface area contributed by atoms with Crippen LogP contribution in [-0.2, 0) is 16.1 Å². The fourth-order valence-corrected chi connectivity index (χ4v) is 4.38. The highest BCUT2D eigenvalue weighted by molar-refractivity contribution is 7.22. The molecular weight excluding hydrogens is 358 g/mol. The summed E-state index contributed by atoms with van der Waals surface area (Å²) in [6, 6.07) is 12.0. The molecule has 1 fully saturated rings. The van der Waals surface area contributed by atoms with Gasteiger partial charge in [-0.25, -0.2) is 4.98 Å². The molecule has 140 valence electrons. The number of rotatable bonds is 5. The van der Waals surface area contributed by atoms with Crippen molar-refractivity contribution in [2.45, 2.75) is 45.3 Å². The zero-order valence-corrected chi connectivity index (χ0v) is 16.4. The molecule has 0 bridgehead atoms. The molecular formula is C21H23N3O2S. The molecule has 1 amide bonds. The predicted molar refractivity (Wildman–Crippen MR) is 108 cm³/mol. The third kappa shape index (κ3) is 3.73. The van der Waals surface area contributed by atoms with Crippen molar-refractivity contribution in [2.24, 2.45) is 0 Å². The highest BCUT2D eigenvalue weighted by atomic mass is 32.1. The van der Waals surface area contributed by atoms with Gasteiger partial charge in [0.05, 0.1) is 22.5 Å². The standard InChI is InChI=1S/C21H23N3O2S/c1-14(2)16-8-5-10-18-19(16)23-21(27-18)24(13-15-7-3-4-11-22-15)20(25)17-9-6-12-26-17/h3-5,7-8,10-11,14,17H,6,9,12-13H2,1-2H3. The van der Waals surface area contributed by atoms with Crippen LogP contribution >= 0.6 is 11.3 Å². The third-order valence-corrected chi connectivity index (χ3v) is 5.85. The van der Waals surface area contributed by atoms with Crippen LogP contribution < -0.4 is 4.90 Å². The quantitative estimate of drug-likeness (QED) is 0.652.